The smallest absolute Gasteiger partial charge is 0.230 e. The van der Waals surface area contributed by atoms with Crippen molar-refractivity contribution in [1.82, 2.24) is 15.3 Å². The van der Waals surface area contributed by atoms with Crippen LogP contribution in [0.4, 0.5) is 5.69 Å². The van der Waals surface area contributed by atoms with Gasteiger partial charge in [0.05, 0.1) is 23.7 Å². The van der Waals surface area contributed by atoms with Crippen LogP contribution in [-0.4, -0.2) is 40.7 Å². The van der Waals surface area contributed by atoms with Gasteiger partial charge in [-0.15, -0.1) is 0 Å². The number of amides is 1. The second-order valence-corrected chi connectivity index (χ2v) is 4.78. The number of hydrogen-bond donors (Lipinski definition) is 4. The van der Waals surface area contributed by atoms with Crippen molar-refractivity contribution in [2.75, 3.05) is 23.9 Å². The standard InChI is InChI=1S/C8H10N2OS.C6H8N2.C2H4OS.C2H6/c11-8(6-12)10-5-7-3-1-2-4-9-7;1-7-6-3-2-4-8-5-6;3-1-2-4;1-2/h1-4,12H,5-6H2,(H,10,11);2-5,7H,1H3;1,4H,2H2;1-2H3. The van der Waals surface area contributed by atoms with Crippen LogP contribution in [-0.2, 0) is 16.1 Å². The summed E-state index contributed by atoms with van der Waals surface area (Å²) in [5, 5.41) is 5.64. The second kappa shape index (κ2) is 21.0. The number of nitrogens with one attached hydrogen (secondary N) is 2. The molecule has 0 fully saturated rings. The fourth-order valence-electron chi connectivity index (χ4n) is 1.26. The van der Waals surface area contributed by atoms with Gasteiger partial charge >= 0.3 is 0 Å². The monoisotopic (exact) mass is 396 g/mol. The molecular formula is C18H28N4O2S2. The van der Waals surface area contributed by atoms with Gasteiger partial charge in [-0.3, -0.25) is 14.8 Å². The summed E-state index contributed by atoms with van der Waals surface area (Å²) in [6.07, 6.45) is 5.96. The normalized spacial score (nSPS) is 8.19. The van der Waals surface area contributed by atoms with E-state index in [-0.39, 0.29) is 11.7 Å². The van der Waals surface area contributed by atoms with Crippen LogP contribution in [0.25, 0.3) is 0 Å². The van der Waals surface area contributed by atoms with Crippen molar-refractivity contribution in [3.05, 3.63) is 54.6 Å². The molecule has 6 nitrogen and oxygen atoms in total. The molecule has 0 unspecified atom stereocenters. The molecule has 1 amide bonds. The minimum Gasteiger partial charge on any atom is -0.387 e. The van der Waals surface area contributed by atoms with Crippen LogP contribution in [0.2, 0.25) is 0 Å². The van der Waals surface area contributed by atoms with Crippen molar-refractivity contribution < 1.29 is 9.59 Å². The zero-order valence-corrected chi connectivity index (χ0v) is 17.2. The van der Waals surface area contributed by atoms with Gasteiger partial charge in [0.2, 0.25) is 5.91 Å². The number of carbonyl (C=O) groups excluding carboxylic acids is 2. The molecule has 0 aliphatic rings. The van der Waals surface area contributed by atoms with Gasteiger partial charge in [-0.1, -0.05) is 19.9 Å². The summed E-state index contributed by atoms with van der Waals surface area (Å²) < 4.78 is 0. The van der Waals surface area contributed by atoms with Gasteiger partial charge in [0.1, 0.15) is 6.29 Å². The number of aldehydes is 1. The summed E-state index contributed by atoms with van der Waals surface area (Å²) in [6, 6.07) is 9.44. The quantitative estimate of drug-likeness (QED) is 0.461. The average molecular weight is 397 g/mol. The molecule has 0 aromatic carbocycles. The molecule has 0 saturated carbocycles. The number of pyridine rings is 2. The molecular weight excluding hydrogens is 368 g/mol. The Morgan fingerprint density at radius 3 is 2.23 bits per heavy atom. The van der Waals surface area contributed by atoms with E-state index in [1.165, 1.54) is 0 Å². The molecule has 0 spiro atoms. The maximum atomic E-state index is 10.8. The summed E-state index contributed by atoms with van der Waals surface area (Å²) >= 11 is 7.38. The largest absolute Gasteiger partial charge is 0.387 e. The van der Waals surface area contributed by atoms with Crippen LogP contribution in [0.1, 0.15) is 19.5 Å². The van der Waals surface area contributed by atoms with Gasteiger partial charge < -0.3 is 15.4 Å². The van der Waals surface area contributed by atoms with E-state index in [0.29, 0.717) is 12.3 Å². The van der Waals surface area contributed by atoms with Crippen LogP contribution in [0.3, 0.4) is 0 Å². The van der Waals surface area contributed by atoms with Crippen LogP contribution < -0.4 is 10.6 Å². The molecule has 0 atom stereocenters. The minimum absolute atomic E-state index is 0.0796. The summed E-state index contributed by atoms with van der Waals surface area (Å²) in [4.78, 5) is 27.8. The Morgan fingerprint density at radius 2 is 1.85 bits per heavy atom. The van der Waals surface area contributed by atoms with E-state index in [9.17, 15) is 4.79 Å². The number of rotatable bonds is 5. The molecule has 2 rings (SSSR count). The summed E-state index contributed by atoms with van der Waals surface area (Å²) in [5.74, 6) is 0.469. The molecule has 8 heteroatoms. The topological polar surface area (TPSA) is 84.0 Å². The Bertz CT molecular complexity index is 558. The van der Waals surface area contributed by atoms with Crippen LogP contribution in [0.15, 0.2) is 48.9 Å². The number of thiol groups is 2. The lowest BCUT2D eigenvalue weighted by molar-refractivity contribution is -0.118. The first-order valence-electron chi connectivity index (χ1n) is 8.07. The Labute approximate surface area is 167 Å². The molecule has 0 bridgehead atoms. The number of nitrogens with zero attached hydrogens (tertiary/aromatic N) is 2. The first-order chi connectivity index (χ1) is 12.7. The van der Waals surface area contributed by atoms with E-state index >= 15 is 0 Å². The first kappa shape index (κ1) is 26.2. The van der Waals surface area contributed by atoms with Crippen molar-refractivity contribution >= 4 is 43.1 Å². The maximum Gasteiger partial charge on any atom is 0.230 e. The van der Waals surface area contributed by atoms with Gasteiger partial charge in [0.15, 0.2) is 0 Å². The lowest BCUT2D eigenvalue weighted by Crippen LogP contribution is -2.24. The lowest BCUT2D eigenvalue weighted by Gasteiger charge is -2.00. The SMILES string of the molecule is CC.CNc1cccnc1.O=C(CS)NCc1ccccn1.O=CCS. The highest BCUT2D eigenvalue weighted by molar-refractivity contribution is 7.81. The highest BCUT2D eigenvalue weighted by Crippen LogP contribution is 1.98. The molecule has 0 radical (unpaired) electrons. The Hall–Kier alpha value is -2.06. The summed E-state index contributed by atoms with van der Waals surface area (Å²) in [7, 11) is 1.87. The van der Waals surface area contributed by atoms with Crippen LogP contribution in [0, 0.1) is 0 Å². The zero-order valence-electron chi connectivity index (χ0n) is 15.4. The first-order valence-corrected chi connectivity index (χ1v) is 9.34. The molecule has 2 aromatic heterocycles. The molecule has 2 N–H and O–H groups in total. The predicted molar refractivity (Wildman–Crippen MR) is 115 cm³/mol. The Morgan fingerprint density at radius 1 is 1.15 bits per heavy atom. The van der Waals surface area contributed by atoms with E-state index in [2.05, 4.69) is 45.9 Å². The van der Waals surface area contributed by atoms with Gasteiger partial charge in [0.25, 0.3) is 0 Å². The van der Waals surface area contributed by atoms with E-state index in [0.717, 1.165) is 17.7 Å². The summed E-state index contributed by atoms with van der Waals surface area (Å²) in [5.41, 5.74) is 1.90. The summed E-state index contributed by atoms with van der Waals surface area (Å²) in [6.45, 7) is 4.47. The van der Waals surface area contributed by atoms with Crippen LogP contribution in [0.5, 0.6) is 0 Å². The molecule has 0 aliphatic heterocycles. The van der Waals surface area contributed by atoms with E-state index in [1.807, 2.05) is 51.2 Å². The van der Waals surface area contributed by atoms with Gasteiger partial charge in [-0.2, -0.15) is 25.3 Å². The van der Waals surface area contributed by atoms with E-state index in [1.54, 1.807) is 18.6 Å². The third-order valence-electron chi connectivity index (χ3n) is 2.36. The van der Waals surface area contributed by atoms with Crippen molar-refractivity contribution in [3.8, 4) is 0 Å². The van der Waals surface area contributed by atoms with E-state index < -0.39 is 0 Å². The zero-order chi connectivity index (χ0) is 20.0. The fraction of sp³-hybridized carbons (Fsp3) is 0.333. The number of anilines is 1. The Kier molecular flexibility index (Phi) is 21.1. The molecule has 144 valence electrons. The molecule has 0 aliphatic carbocycles. The van der Waals surface area contributed by atoms with E-state index in [4.69, 9.17) is 4.79 Å². The number of hydrogen-bond acceptors (Lipinski definition) is 7. The van der Waals surface area contributed by atoms with Gasteiger partial charge in [0, 0.05) is 31.4 Å². The third-order valence-corrected chi connectivity index (χ3v) is 2.80. The highest BCUT2D eigenvalue weighted by Gasteiger charge is 1.96. The van der Waals surface area contributed by atoms with Crippen molar-refractivity contribution in [3.63, 3.8) is 0 Å². The van der Waals surface area contributed by atoms with Crippen molar-refractivity contribution in [1.29, 1.82) is 0 Å². The number of aromatic nitrogens is 2. The van der Waals surface area contributed by atoms with Crippen molar-refractivity contribution in [2.24, 2.45) is 0 Å². The minimum atomic E-state index is -0.0796. The average Bonchev–Trinajstić information content (AvgIpc) is 2.75. The van der Waals surface area contributed by atoms with Gasteiger partial charge in [-0.25, -0.2) is 0 Å². The van der Waals surface area contributed by atoms with Crippen molar-refractivity contribution in [2.45, 2.75) is 20.4 Å². The van der Waals surface area contributed by atoms with Gasteiger partial charge in [-0.05, 0) is 24.3 Å². The lowest BCUT2D eigenvalue weighted by atomic mass is 10.3. The maximum absolute atomic E-state index is 10.8. The number of carbonyl (C=O) groups is 2. The second-order valence-electron chi connectivity index (χ2n) is 4.10. The molecule has 2 heterocycles. The third kappa shape index (κ3) is 16.8. The Balaban J connectivity index is 0. The highest BCUT2D eigenvalue weighted by atomic mass is 32.1. The molecule has 2 aromatic rings. The molecule has 0 saturated heterocycles. The fourth-order valence-corrected chi connectivity index (χ4v) is 1.37. The molecule has 26 heavy (non-hydrogen) atoms. The predicted octanol–water partition coefficient (Wildman–Crippen LogP) is 2.89. The van der Waals surface area contributed by atoms with Crippen LogP contribution >= 0.6 is 25.3 Å².